The first kappa shape index (κ1) is 22.0. The standard InChI is InChI=1S/C25H27N3O3/c1-2-30-24(29)15-9-10-18-31-27-25(22-13-7-4-8-14-22)23(28-17-16-26-20-28)19-21-11-5-3-6-12-21/h3-9,11-17,20,23H,2,10,18-19H2,1H3/b15-9+,27-25+. The Morgan fingerprint density at radius 2 is 1.87 bits per heavy atom. The van der Waals surface area contributed by atoms with Crippen LogP contribution >= 0.6 is 0 Å². The molecule has 3 aromatic rings. The first-order valence-electron chi connectivity index (χ1n) is 10.4. The molecule has 0 spiro atoms. The van der Waals surface area contributed by atoms with Gasteiger partial charge in [0.05, 0.1) is 19.0 Å². The monoisotopic (exact) mass is 417 g/mol. The van der Waals surface area contributed by atoms with E-state index in [2.05, 4.69) is 22.3 Å². The van der Waals surface area contributed by atoms with E-state index in [-0.39, 0.29) is 12.0 Å². The predicted molar refractivity (Wildman–Crippen MR) is 121 cm³/mol. The zero-order chi connectivity index (χ0) is 21.7. The van der Waals surface area contributed by atoms with Crippen LogP contribution < -0.4 is 0 Å². The molecule has 0 saturated carbocycles. The zero-order valence-corrected chi connectivity index (χ0v) is 17.6. The number of carbonyl (C=O) groups excluding carboxylic acids is 1. The molecule has 6 heteroatoms. The molecule has 1 aromatic heterocycles. The van der Waals surface area contributed by atoms with Crippen LogP contribution in [-0.2, 0) is 20.8 Å². The number of benzene rings is 2. The Balaban J connectivity index is 1.79. The molecule has 160 valence electrons. The summed E-state index contributed by atoms with van der Waals surface area (Å²) in [7, 11) is 0. The Hall–Kier alpha value is -3.67. The lowest BCUT2D eigenvalue weighted by Crippen LogP contribution is -2.22. The van der Waals surface area contributed by atoms with Crippen LogP contribution in [0.15, 0.2) is 96.7 Å². The molecule has 0 aliphatic heterocycles. The second-order valence-corrected chi connectivity index (χ2v) is 6.83. The predicted octanol–water partition coefficient (Wildman–Crippen LogP) is 4.60. The minimum atomic E-state index is -0.348. The number of carbonyl (C=O) groups is 1. The SMILES string of the molecule is CCOC(=O)/C=C/CCO/N=C(\c1ccccc1)C(Cc1ccccc1)n1ccnc1. The summed E-state index contributed by atoms with van der Waals surface area (Å²) in [5.41, 5.74) is 3.00. The van der Waals surface area contributed by atoms with Crippen molar-refractivity contribution < 1.29 is 14.4 Å². The molecule has 1 heterocycles. The van der Waals surface area contributed by atoms with Crippen LogP contribution in [0.5, 0.6) is 0 Å². The van der Waals surface area contributed by atoms with Crippen molar-refractivity contribution in [1.29, 1.82) is 0 Å². The zero-order valence-electron chi connectivity index (χ0n) is 17.6. The van der Waals surface area contributed by atoms with Gasteiger partial charge in [-0.2, -0.15) is 0 Å². The van der Waals surface area contributed by atoms with Gasteiger partial charge in [0.25, 0.3) is 0 Å². The van der Waals surface area contributed by atoms with Crippen LogP contribution in [0.4, 0.5) is 0 Å². The number of aromatic nitrogens is 2. The van der Waals surface area contributed by atoms with Crippen molar-refractivity contribution in [1.82, 2.24) is 9.55 Å². The van der Waals surface area contributed by atoms with Gasteiger partial charge >= 0.3 is 5.97 Å². The molecule has 0 saturated heterocycles. The summed E-state index contributed by atoms with van der Waals surface area (Å²) >= 11 is 0. The highest BCUT2D eigenvalue weighted by Crippen LogP contribution is 2.21. The molecule has 0 aliphatic rings. The molecule has 0 radical (unpaired) electrons. The Labute approximate surface area is 182 Å². The molecule has 0 aliphatic carbocycles. The topological polar surface area (TPSA) is 65.7 Å². The number of rotatable bonds is 11. The summed E-state index contributed by atoms with van der Waals surface area (Å²) in [5, 5.41) is 4.52. The second kappa shape index (κ2) is 12.1. The van der Waals surface area contributed by atoms with Gasteiger partial charge in [0.1, 0.15) is 12.3 Å². The maximum Gasteiger partial charge on any atom is 0.330 e. The summed E-state index contributed by atoms with van der Waals surface area (Å²) in [6, 6.07) is 20.2. The number of oxime groups is 1. The summed E-state index contributed by atoms with van der Waals surface area (Å²) in [6.07, 6.45) is 9.95. The van der Waals surface area contributed by atoms with Crippen LogP contribution in [0.3, 0.4) is 0 Å². The first-order chi connectivity index (χ1) is 15.3. The smallest absolute Gasteiger partial charge is 0.330 e. The average Bonchev–Trinajstić information content (AvgIpc) is 3.34. The molecule has 0 N–H and O–H groups in total. The molecule has 0 bridgehead atoms. The summed E-state index contributed by atoms with van der Waals surface area (Å²) in [5.74, 6) is -0.348. The number of ether oxygens (including phenoxy) is 1. The van der Waals surface area contributed by atoms with E-state index in [0.717, 1.165) is 17.7 Å². The molecule has 0 amide bonds. The van der Waals surface area contributed by atoms with E-state index in [4.69, 9.17) is 9.57 Å². The van der Waals surface area contributed by atoms with E-state index < -0.39 is 0 Å². The molecule has 1 atom stereocenters. The Morgan fingerprint density at radius 3 is 2.55 bits per heavy atom. The van der Waals surface area contributed by atoms with Crippen molar-refractivity contribution in [3.63, 3.8) is 0 Å². The van der Waals surface area contributed by atoms with Gasteiger partial charge in [0.2, 0.25) is 0 Å². The van der Waals surface area contributed by atoms with Crippen LogP contribution in [0.25, 0.3) is 0 Å². The summed E-state index contributed by atoms with van der Waals surface area (Å²) in [4.78, 5) is 21.3. The lowest BCUT2D eigenvalue weighted by atomic mass is 9.96. The minimum Gasteiger partial charge on any atom is -0.463 e. The number of hydrogen-bond acceptors (Lipinski definition) is 5. The highest BCUT2D eigenvalue weighted by Gasteiger charge is 2.21. The van der Waals surface area contributed by atoms with Gasteiger partial charge in [-0.3, -0.25) is 0 Å². The lowest BCUT2D eigenvalue weighted by Gasteiger charge is -2.21. The van der Waals surface area contributed by atoms with Gasteiger partial charge in [0, 0.05) is 30.5 Å². The fourth-order valence-electron chi connectivity index (χ4n) is 3.16. The van der Waals surface area contributed by atoms with Gasteiger partial charge in [-0.05, 0) is 18.9 Å². The van der Waals surface area contributed by atoms with Crippen LogP contribution in [0, 0.1) is 0 Å². The fraction of sp³-hybridized carbons (Fsp3) is 0.240. The maximum atomic E-state index is 11.4. The first-order valence-corrected chi connectivity index (χ1v) is 10.4. The van der Waals surface area contributed by atoms with E-state index in [1.807, 2.05) is 59.3 Å². The van der Waals surface area contributed by atoms with Crippen molar-refractivity contribution in [2.75, 3.05) is 13.2 Å². The van der Waals surface area contributed by atoms with Gasteiger partial charge in [-0.1, -0.05) is 71.9 Å². The van der Waals surface area contributed by atoms with Crippen molar-refractivity contribution in [2.24, 2.45) is 5.16 Å². The Morgan fingerprint density at radius 1 is 1.13 bits per heavy atom. The van der Waals surface area contributed by atoms with E-state index >= 15 is 0 Å². The fourth-order valence-corrected chi connectivity index (χ4v) is 3.16. The molecule has 2 aromatic carbocycles. The van der Waals surface area contributed by atoms with E-state index in [1.54, 1.807) is 25.5 Å². The van der Waals surface area contributed by atoms with Crippen molar-refractivity contribution in [3.8, 4) is 0 Å². The molecular formula is C25H27N3O3. The van der Waals surface area contributed by atoms with Crippen LogP contribution in [0.2, 0.25) is 0 Å². The third-order valence-corrected chi connectivity index (χ3v) is 4.62. The molecular weight excluding hydrogens is 390 g/mol. The van der Waals surface area contributed by atoms with Gasteiger partial charge < -0.3 is 14.1 Å². The third kappa shape index (κ3) is 6.96. The van der Waals surface area contributed by atoms with Crippen molar-refractivity contribution in [2.45, 2.75) is 25.8 Å². The largest absolute Gasteiger partial charge is 0.463 e. The Kier molecular flexibility index (Phi) is 8.61. The van der Waals surface area contributed by atoms with Gasteiger partial charge in [-0.25, -0.2) is 9.78 Å². The van der Waals surface area contributed by atoms with Gasteiger partial charge in [-0.15, -0.1) is 0 Å². The van der Waals surface area contributed by atoms with Crippen molar-refractivity contribution in [3.05, 3.63) is 103 Å². The summed E-state index contributed by atoms with van der Waals surface area (Å²) in [6.45, 7) is 2.50. The highest BCUT2D eigenvalue weighted by atomic mass is 16.6. The molecule has 3 rings (SSSR count). The normalized spacial score (nSPS) is 12.6. The van der Waals surface area contributed by atoms with E-state index in [1.165, 1.54) is 11.6 Å². The van der Waals surface area contributed by atoms with Crippen LogP contribution in [0.1, 0.15) is 30.5 Å². The molecule has 0 fully saturated rings. The minimum absolute atomic E-state index is 0.0811. The lowest BCUT2D eigenvalue weighted by molar-refractivity contribution is -0.137. The van der Waals surface area contributed by atoms with Crippen molar-refractivity contribution >= 4 is 11.7 Å². The van der Waals surface area contributed by atoms with Crippen LogP contribution in [-0.4, -0.2) is 34.4 Å². The third-order valence-electron chi connectivity index (χ3n) is 4.62. The number of hydrogen-bond donors (Lipinski definition) is 0. The maximum absolute atomic E-state index is 11.4. The molecule has 1 unspecified atom stereocenters. The van der Waals surface area contributed by atoms with E-state index in [9.17, 15) is 4.79 Å². The Bertz CT molecular complexity index is 968. The number of esters is 1. The van der Waals surface area contributed by atoms with Gasteiger partial charge in [0.15, 0.2) is 0 Å². The molecule has 6 nitrogen and oxygen atoms in total. The summed E-state index contributed by atoms with van der Waals surface area (Å²) < 4.78 is 6.92. The average molecular weight is 418 g/mol. The highest BCUT2D eigenvalue weighted by molar-refractivity contribution is 6.03. The number of nitrogens with zero attached hydrogens (tertiary/aromatic N) is 3. The molecule has 31 heavy (non-hydrogen) atoms. The van der Waals surface area contributed by atoms with E-state index in [0.29, 0.717) is 19.6 Å². The number of imidazole rings is 1. The second-order valence-electron chi connectivity index (χ2n) is 6.83. The quantitative estimate of drug-likeness (QED) is 0.150.